The molecule has 3 aliphatic heterocycles. The van der Waals surface area contributed by atoms with E-state index in [2.05, 4.69) is 18.5 Å². The number of anilines is 1. The van der Waals surface area contributed by atoms with Crippen LogP contribution in [0.15, 0.2) is 79.9 Å². The summed E-state index contributed by atoms with van der Waals surface area (Å²) in [6.07, 6.45) is 4.18. The molecule has 0 saturated carbocycles. The minimum absolute atomic E-state index is 0.0896. The smallest absolute Gasteiger partial charge is 0.306 e. The van der Waals surface area contributed by atoms with Crippen LogP contribution < -0.4 is 15.0 Å². The Hall–Kier alpha value is -4.48. The van der Waals surface area contributed by atoms with Gasteiger partial charge in [0.15, 0.2) is 0 Å². The number of carbonyl (C=O) groups excluding carboxylic acids is 4. The van der Waals surface area contributed by atoms with E-state index in [-0.39, 0.29) is 38.6 Å². The summed E-state index contributed by atoms with van der Waals surface area (Å²) in [6.45, 7) is 7.07. The molecule has 3 heterocycles. The standard InChI is InChI=1S/C35H41N3O8/c1-4-6-12-28(40)45-22-26(23-10-8-7-9-11-23)36-32(41)29-27-17-18-35(46-27)30(29)33(42)38(20-21-39)31(35)34(43)37(19-5-2)24-13-15-25(44-3)16-14-24/h4-5,7-11,13-16,26-27,29-31,39H,1-2,6,12,17-22H2,3H3,(H,36,41)/t26-,27-,29+,30+,31-,35+/m0/s1. The molecule has 0 radical (unpaired) electrons. The van der Waals surface area contributed by atoms with Crippen molar-refractivity contribution in [1.82, 2.24) is 10.2 Å². The Kier molecular flexibility index (Phi) is 10.2. The second-order valence-electron chi connectivity index (χ2n) is 11.7. The molecular formula is C35H41N3O8. The van der Waals surface area contributed by atoms with Gasteiger partial charge in [-0.2, -0.15) is 0 Å². The highest BCUT2D eigenvalue weighted by molar-refractivity contribution is 6.05. The number of hydrogen-bond donors (Lipinski definition) is 2. The first-order valence-electron chi connectivity index (χ1n) is 15.6. The number of rotatable bonds is 15. The van der Waals surface area contributed by atoms with E-state index >= 15 is 0 Å². The van der Waals surface area contributed by atoms with Gasteiger partial charge in [-0.1, -0.05) is 42.5 Å². The molecule has 244 valence electrons. The second-order valence-corrected chi connectivity index (χ2v) is 11.7. The van der Waals surface area contributed by atoms with E-state index in [4.69, 9.17) is 14.2 Å². The molecule has 46 heavy (non-hydrogen) atoms. The summed E-state index contributed by atoms with van der Waals surface area (Å²) >= 11 is 0. The number of methoxy groups -OCH3 is 1. The number of allylic oxidation sites excluding steroid dienone is 1. The number of ether oxygens (including phenoxy) is 3. The lowest BCUT2D eigenvalue weighted by Gasteiger charge is -2.36. The topological polar surface area (TPSA) is 135 Å². The summed E-state index contributed by atoms with van der Waals surface area (Å²) in [7, 11) is 1.55. The zero-order valence-corrected chi connectivity index (χ0v) is 26.0. The minimum atomic E-state index is -1.25. The van der Waals surface area contributed by atoms with Gasteiger partial charge in [-0.15, -0.1) is 13.2 Å². The van der Waals surface area contributed by atoms with Gasteiger partial charge in [0, 0.05) is 25.2 Å². The lowest BCUT2D eigenvalue weighted by atomic mass is 9.70. The highest BCUT2D eigenvalue weighted by atomic mass is 16.5. The molecule has 0 unspecified atom stereocenters. The largest absolute Gasteiger partial charge is 0.497 e. The van der Waals surface area contributed by atoms with Crippen LogP contribution in [-0.4, -0.2) is 84.9 Å². The fourth-order valence-electron chi connectivity index (χ4n) is 7.09. The van der Waals surface area contributed by atoms with E-state index < -0.39 is 53.4 Å². The van der Waals surface area contributed by atoms with E-state index in [1.54, 1.807) is 43.5 Å². The van der Waals surface area contributed by atoms with Gasteiger partial charge in [0.25, 0.3) is 5.91 Å². The number of fused-ring (bicyclic) bond motifs is 1. The Morgan fingerprint density at radius 1 is 1.15 bits per heavy atom. The summed E-state index contributed by atoms with van der Waals surface area (Å²) < 4.78 is 17.3. The number of nitrogens with zero attached hydrogens (tertiary/aromatic N) is 2. The van der Waals surface area contributed by atoms with Crippen molar-refractivity contribution < 1.29 is 38.5 Å². The quantitative estimate of drug-likeness (QED) is 0.226. The van der Waals surface area contributed by atoms with Crippen molar-refractivity contribution in [1.29, 1.82) is 0 Å². The zero-order chi connectivity index (χ0) is 32.8. The molecule has 3 aliphatic rings. The molecule has 6 atom stereocenters. The Morgan fingerprint density at radius 2 is 1.89 bits per heavy atom. The van der Waals surface area contributed by atoms with E-state index in [0.29, 0.717) is 30.7 Å². The SMILES string of the molecule is C=CCCC(=O)OC[C@H](NC(=O)[C@@H]1[C@@H]2CC[C@]3(O2)[C@H](C(=O)N(CC=C)c2ccc(OC)cc2)N(CCO)C(=O)[C@@H]13)c1ccccc1. The molecule has 11 heteroatoms. The summed E-state index contributed by atoms with van der Waals surface area (Å²) in [6, 6.07) is 14.4. The number of carbonyl (C=O) groups is 4. The summed E-state index contributed by atoms with van der Waals surface area (Å²) in [4.78, 5) is 57.9. The molecule has 3 fully saturated rings. The third-order valence-electron chi connectivity index (χ3n) is 9.12. The van der Waals surface area contributed by atoms with Crippen molar-refractivity contribution in [3.05, 3.63) is 85.5 Å². The van der Waals surface area contributed by atoms with Crippen LogP contribution in [-0.2, 0) is 28.7 Å². The molecular weight excluding hydrogens is 590 g/mol. The first-order chi connectivity index (χ1) is 22.3. The zero-order valence-electron chi connectivity index (χ0n) is 26.0. The van der Waals surface area contributed by atoms with E-state index in [0.717, 1.165) is 5.56 Å². The van der Waals surface area contributed by atoms with Crippen molar-refractivity contribution >= 4 is 29.4 Å². The van der Waals surface area contributed by atoms with E-state index in [1.165, 1.54) is 9.80 Å². The molecule has 0 aromatic heterocycles. The molecule has 11 nitrogen and oxygen atoms in total. The molecule has 5 rings (SSSR count). The number of benzene rings is 2. The number of amides is 3. The Bertz CT molecular complexity index is 1450. The number of aliphatic hydroxyl groups excluding tert-OH is 1. The monoisotopic (exact) mass is 631 g/mol. The van der Waals surface area contributed by atoms with Crippen molar-refractivity contribution in [3.63, 3.8) is 0 Å². The van der Waals surface area contributed by atoms with E-state index in [9.17, 15) is 24.3 Å². The summed E-state index contributed by atoms with van der Waals surface area (Å²) in [5.74, 6) is -2.81. The maximum Gasteiger partial charge on any atom is 0.306 e. The maximum atomic E-state index is 14.4. The van der Waals surface area contributed by atoms with Crippen LogP contribution in [0.3, 0.4) is 0 Å². The molecule has 0 aliphatic carbocycles. The lowest BCUT2D eigenvalue weighted by molar-refractivity contribution is -0.146. The number of hydrogen-bond acceptors (Lipinski definition) is 8. The molecule has 3 amide bonds. The van der Waals surface area contributed by atoms with Crippen LogP contribution in [0.2, 0.25) is 0 Å². The number of likely N-dealkylation sites (tertiary alicyclic amines) is 1. The minimum Gasteiger partial charge on any atom is -0.497 e. The van der Waals surface area contributed by atoms with Crippen LogP contribution >= 0.6 is 0 Å². The number of β-amino-alcohol motifs (C(OH)–C–C–N with tert-alkyl or cyclic N) is 1. The first-order valence-corrected chi connectivity index (χ1v) is 15.6. The fraction of sp³-hybridized carbons (Fsp3) is 0.429. The predicted octanol–water partition coefficient (Wildman–Crippen LogP) is 2.95. The number of nitrogens with one attached hydrogen (secondary N) is 1. The molecule has 2 N–H and O–H groups in total. The fourth-order valence-corrected chi connectivity index (χ4v) is 7.09. The lowest BCUT2D eigenvalue weighted by Crippen LogP contribution is -2.57. The van der Waals surface area contributed by atoms with Crippen LogP contribution in [0.1, 0.15) is 37.3 Å². The van der Waals surface area contributed by atoms with Gasteiger partial charge >= 0.3 is 5.97 Å². The van der Waals surface area contributed by atoms with Gasteiger partial charge in [-0.3, -0.25) is 19.2 Å². The van der Waals surface area contributed by atoms with Crippen LogP contribution in [0.4, 0.5) is 5.69 Å². The molecule has 1 spiro atoms. The number of aliphatic hydroxyl groups is 1. The Labute approximate surface area is 268 Å². The second kappa shape index (κ2) is 14.3. The first kappa shape index (κ1) is 32.9. The van der Waals surface area contributed by atoms with Crippen molar-refractivity contribution in [2.24, 2.45) is 11.8 Å². The highest BCUT2D eigenvalue weighted by Gasteiger charge is 2.74. The summed E-state index contributed by atoms with van der Waals surface area (Å²) in [5, 5.41) is 13.0. The van der Waals surface area contributed by atoms with E-state index in [1.807, 2.05) is 30.3 Å². The van der Waals surface area contributed by atoms with Gasteiger partial charge in [0.1, 0.15) is 24.0 Å². The molecule has 2 bridgehead atoms. The maximum absolute atomic E-state index is 14.4. The normalized spacial score (nSPS) is 25.0. The third kappa shape index (κ3) is 6.17. The Balaban J connectivity index is 1.43. The highest BCUT2D eigenvalue weighted by Crippen LogP contribution is 2.58. The third-order valence-corrected chi connectivity index (χ3v) is 9.12. The van der Waals surface area contributed by atoms with Crippen LogP contribution in [0.25, 0.3) is 0 Å². The van der Waals surface area contributed by atoms with Crippen molar-refractivity contribution in [2.45, 2.75) is 49.5 Å². The Morgan fingerprint density at radius 3 is 2.54 bits per heavy atom. The molecule has 3 saturated heterocycles. The van der Waals surface area contributed by atoms with Gasteiger partial charge in [0.05, 0.1) is 37.7 Å². The average molecular weight is 632 g/mol. The predicted molar refractivity (Wildman–Crippen MR) is 170 cm³/mol. The van der Waals surface area contributed by atoms with Crippen molar-refractivity contribution in [3.8, 4) is 5.75 Å². The van der Waals surface area contributed by atoms with Crippen molar-refractivity contribution in [2.75, 3.05) is 38.3 Å². The number of esters is 1. The van der Waals surface area contributed by atoms with Gasteiger partial charge in [-0.05, 0) is 49.1 Å². The molecule has 2 aromatic carbocycles. The van der Waals surface area contributed by atoms with Gasteiger partial charge < -0.3 is 34.4 Å². The van der Waals surface area contributed by atoms with Crippen LogP contribution in [0, 0.1) is 11.8 Å². The average Bonchev–Trinajstić information content (AvgIpc) is 3.72. The van der Waals surface area contributed by atoms with Gasteiger partial charge in [-0.25, -0.2) is 0 Å². The summed E-state index contributed by atoms with van der Waals surface area (Å²) in [5.41, 5.74) is 0.0666. The van der Waals surface area contributed by atoms with Crippen LogP contribution in [0.5, 0.6) is 5.75 Å². The molecule has 2 aromatic rings. The van der Waals surface area contributed by atoms with Gasteiger partial charge in [0.2, 0.25) is 11.8 Å².